The molecule has 1 aromatic carbocycles. The highest BCUT2D eigenvalue weighted by Gasteiger charge is 2.69. The SMILES string of the molecule is C.Cc1ccc(CO)c2c1[C@]13CCN(C)[C@H](C)[C@]1(O)CC=C(OC(=O)CCC(=O)O[C@@H](C)C(=O)O)[C@@H]3O2.O=CC(F)(F)F. The Morgan fingerprint density at radius 1 is 1.23 bits per heavy atom. The number of aliphatic hydroxyl groups is 2. The van der Waals surface area contributed by atoms with E-state index in [1.807, 2.05) is 27.0 Å². The Balaban J connectivity index is 0.000000837. The summed E-state index contributed by atoms with van der Waals surface area (Å²) in [6.45, 7) is 5.58. The van der Waals surface area contributed by atoms with Crippen LogP contribution in [0.3, 0.4) is 0 Å². The second-order valence-electron chi connectivity index (χ2n) is 10.6. The molecular weight excluding hydrogens is 579 g/mol. The van der Waals surface area contributed by atoms with E-state index in [1.165, 1.54) is 6.92 Å². The predicted octanol–water partition coefficient (Wildman–Crippen LogP) is 2.95. The van der Waals surface area contributed by atoms with Crippen LogP contribution < -0.4 is 4.74 Å². The molecule has 1 aliphatic carbocycles. The molecule has 1 spiro atoms. The van der Waals surface area contributed by atoms with Crippen LogP contribution in [0.4, 0.5) is 13.2 Å². The fraction of sp³-hybridized carbons (Fsp3) is 0.586. The van der Waals surface area contributed by atoms with Crippen LogP contribution in [-0.2, 0) is 40.7 Å². The third-order valence-electron chi connectivity index (χ3n) is 8.16. The van der Waals surface area contributed by atoms with Crippen molar-refractivity contribution in [3.63, 3.8) is 0 Å². The van der Waals surface area contributed by atoms with Gasteiger partial charge >= 0.3 is 24.1 Å². The van der Waals surface area contributed by atoms with Gasteiger partial charge in [0, 0.05) is 23.6 Å². The van der Waals surface area contributed by atoms with Crippen molar-refractivity contribution in [2.75, 3.05) is 13.6 Å². The summed E-state index contributed by atoms with van der Waals surface area (Å²) in [5, 5.41) is 31.0. The molecule has 240 valence electrons. The van der Waals surface area contributed by atoms with E-state index in [-0.39, 0.29) is 45.1 Å². The summed E-state index contributed by atoms with van der Waals surface area (Å²) in [5.41, 5.74) is 0.219. The number of likely N-dealkylation sites (tertiary alicyclic amines) is 1. The highest BCUT2D eigenvalue weighted by atomic mass is 19.4. The number of hydrogen-bond acceptors (Lipinski definition) is 10. The van der Waals surface area contributed by atoms with Gasteiger partial charge in [0.05, 0.1) is 30.5 Å². The third-order valence-corrected chi connectivity index (χ3v) is 8.16. The molecule has 1 fully saturated rings. The van der Waals surface area contributed by atoms with E-state index in [2.05, 4.69) is 4.90 Å². The summed E-state index contributed by atoms with van der Waals surface area (Å²) in [4.78, 5) is 46.2. The lowest BCUT2D eigenvalue weighted by molar-refractivity contribution is -0.165. The molecule has 0 unspecified atom stereocenters. The lowest BCUT2D eigenvalue weighted by Gasteiger charge is -2.58. The number of carboxylic acids is 1. The van der Waals surface area contributed by atoms with Crippen molar-refractivity contribution in [2.24, 2.45) is 0 Å². The number of piperidine rings is 1. The smallest absolute Gasteiger partial charge is 0.446 e. The van der Waals surface area contributed by atoms with E-state index in [4.69, 9.17) is 24.1 Å². The van der Waals surface area contributed by atoms with Gasteiger partial charge in [-0.25, -0.2) is 4.79 Å². The van der Waals surface area contributed by atoms with Crippen molar-refractivity contribution in [2.45, 2.75) is 95.9 Å². The van der Waals surface area contributed by atoms with E-state index >= 15 is 0 Å². The van der Waals surface area contributed by atoms with Crippen LogP contribution in [0.1, 0.15) is 63.6 Å². The van der Waals surface area contributed by atoms with Crippen molar-refractivity contribution >= 4 is 24.2 Å². The Labute approximate surface area is 247 Å². The molecule has 14 heteroatoms. The number of rotatable bonds is 7. The van der Waals surface area contributed by atoms with E-state index in [1.54, 1.807) is 12.1 Å². The van der Waals surface area contributed by atoms with Crippen molar-refractivity contribution in [3.05, 3.63) is 40.7 Å². The number of ether oxygens (including phenoxy) is 3. The highest BCUT2D eigenvalue weighted by molar-refractivity contribution is 5.81. The predicted molar refractivity (Wildman–Crippen MR) is 145 cm³/mol. The number of alkyl halides is 3. The first-order valence-corrected chi connectivity index (χ1v) is 13.2. The molecule has 3 aliphatic rings. The number of carbonyl (C=O) groups is 4. The summed E-state index contributed by atoms with van der Waals surface area (Å²) in [7, 11) is 1.96. The minimum atomic E-state index is -4.64. The molecule has 4 rings (SSSR count). The number of hydrogen-bond donors (Lipinski definition) is 3. The zero-order valence-electron chi connectivity index (χ0n) is 23.6. The minimum Gasteiger partial charge on any atom is -0.481 e. The Morgan fingerprint density at radius 2 is 1.84 bits per heavy atom. The number of fused-ring (bicyclic) bond motifs is 1. The van der Waals surface area contributed by atoms with Crippen LogP contribution in [0.15, 0.2) is 24.0 Å². The topological polar surface area (TPSA) is 160 Å². The second-order valence-corrected chi connectivity index (χ2v) is 10.6. The quantitative estimate of drug-likeness (QED) is 0.305. The number of aldehydes is 1. The molecule has 2 heterocycles. The molecule has 0 amide bonds. The molecule has 0 bridgehead atoms. The number of carboxylic acid groups (broad SMARTS) is 1. The van der Waals surface area contributed by atoms with Gasteiger partial charge in [0.25, 0.3) is 0 Å². The maximum atomic E-state index is 12.7. The number of nitrogens with zero attached hydrogens (tertiary/aromatic N) is 1. The first kappa shape index (κ1) is 35.7. The maximum Gasteiger partial charge on any atom is 0.446 e. The molecular formula is C29H38F3NO10. The number of aliphatic carboxylic acids is 1. The number of esters is 2. The standard InChI is InChI=1S/C26H33NO9.C2HF3O.CH4/c1-14-5-6-17(13-28)22-21(14)25-11-12-27(4)16(3)26(25,33)10-9-18(23(25)36-22)35-20(30)8-7-19(29)34-15(2)24(31)32;3-2(4,5)1-6;/h5-6,9,15-16,23,28,33H,7-8,10-13H2,1-4H3,(H,31,32);1H;1H4/t15-,16+,23-,25-,26+;;/m0../s1. The largest absolute Gasteiger partial charge is 0.481 e. The summed E-state index contributed by atoms with van der Waals surface area (Å²) >= 11 is 0. The molecule has 11 nitrogen and oxygen atoms in total. The summed E-state index contributed by atoms with van der Waals surface area (Å²) in [6, 6.07) is 3.47. The zero-order chi connectivity index (χ0) is 31.6. The van der Waals surface area contributed by atoms with E-state index in [0.717, 1.165) is 11.1 Å². The van der Waals surface area contributed by atoms with Crippen LogP contribution in [0.25, 0.3) is 0 Å². The highest BCUT2D eigenvalue weighted by Crippen LogP contribution is 2.61. The minimum absolute atomic E-state index is 0. The van der Waals surface area contributed by atoms with Crippen LogP contribution in [0.5, 0.6) is 5.75 Å². The van der Waals surface area contributed by atoms with E-state index < -0.39 is 53.6 Å². The number of halogens is 3. The van der Waals surface area contributed by atoms with Gasteiger partial charge in [-0.2, -0.15) is 13.2 Å². The van der Waals surface area contributed by atoms with Gasteiger partial charge in [-0.3, -0.25) is 14.4 Å². The summed E-state index contributed by atoms with van der Waals surface area (Å²) in [6.07, 6.45) is -6.01. The monoisotopic (exact) mass is 617 g/mol. The molecule has 0 radical (unpaired) electrons. The molecule has 0 saturated carbocycles. The van der Waals surface area contributed by atoms with Crippen molar-refractivity contribution in [3.8, 4) is 5.75 Å². The van der Waals surface area contributed by atoms with Gasteiger partial charge < -0.3 is 34.4 Å². The number of likely N-dealkylation sites (N-methyl/N-ethyl adjacent to an activating group) is 1. The average molecular weight is 618 g/mol. The Bertz CT molecular complexity index is 1270. The van der Waals surface area contributed by atoms with Crippen molar-refractivity contribution in [1.29, 1.82) is 0 Å². The normalized spacial score (nSPS) is 26.4. The van der Waals surface area contributed by atoms with Gasteiger partial charge in [-0.05, 0) is 52.4 Å². The second kappa shape index (κ2) is 13.4. The van der Waals surface area contributed by atoms with Crippen LogP contribution >= 0.6 is 0 Å². The van der Waals surface area contributed by atoms with E-state index in [9.17, 15) is 37.8 Å². The Morgan fingerprint density at radius 3 is 2.40 bits per heavy atom. The first-order valence-electron chi connectivity index (χ1n) is 13.2. The molecule has 3 N–H and O–H groups in total. The molecule has 0 aromatic heterocycles. The average Bonchev–Trinajstić information content (AvgIpc) is 3.29. The van der Waals surface area contributed by atoms with Gasteiger partial charge in [0.2, 0.25) is 6.29 Å². The molecule has 5 atom stereocenters. The van der Waals surface area contributed by atoms with Crippen LogP contribution in [-0.4, -0.2) is 88.0 Å². The van der Waals surface area contributed by atoms with Crippen molar-refractivity contribution < 1.29 is 61.9 Å². The fourth-order valence-corrected chi connectivity index (χ4v) is 5.89. The first-order chi connectivity index (χ1) is 19.5. The maximum absolute atomic E-state index is 12.7. The fourth-order valence-electron chi connectivity index (χ4n) is 5.89. The zero-order valence-corrected chi connectivity index (χ0v) is 23.6. The van der Waals surface area contributed by atoms with Crippen molar-refractivity contribution in [1.82, 2.24) is 4.90 Å². The van der Waals surface area contributed by atoms with Gasteiger partial charge in [0.15, 0.2) is 12.2 Å². The number of carbonyl (C=O) groups excluding carboxylic acids is 3. The van der Waals surface area contributed by atoms with Gasteiger partial charge in [-0.15, -0.1) is 0 Å². The molecule has 43 heavy (non-hydrogen) atoms. The lowest BCUT2D eigenvalue weighted by Crippen LogP contribution is -2.71. The molecule has 2 aliphatic heterocycles. The van der Waals surface area contributed by atoms with Gasteiger partial charge in [0.1, 0.15) is 11.5 Å². The number of aryl methyl sites for hydroxylation is 1. The summed E-state index contributed by atoms with van der Waals surface area (Å²) < 4.78 is 48.1. The van der Waals surface area contributed by atoms with Gasteiger partial charge in [-0.1, -0.05) is 19.6 Å². The Kier molecular flexibility index (Phi) is 11.2. The van der Waals surface area contributed by atoms with E-state index in [0.29, 0.717) is 24.3 Å². The number of aliphatic hydroxyl groups excluding tert-OH is 1. The lowest BCUT2D eigenvalue weighted by atomic mass is 9.54. The third kappa shape index (κ3) is 6.86. The summed E-state index contributed by atoms with van der Waals surface area (Å²) in [5.74, 6) is -2.02. The number of benzene rings is 1. The van der Waals surface area contributed by atoms with Crippen LogP contribution in [0, 0.1) is 6.92 Å². The molecule has 1 saturated heterocycles. The molecule has 1 aromatic rings. The Hall–Kier alpha value is -3.49. The van der Waals surface area contributed by atoms with Crippen LogP contribution in [0.2, 0.25) is 0 Å².